The van der Waals surface area contributed by atoms with E-state index in [9.17, 15) is 49.2 Å². The molecule has 2 saturated heterocycles. The summed E-state index contributed by atoms with van der Waals surface area (Å²) in [5, 5.41) is 45.7. The Bertz CT molecular complexity index is 3700. The van der Waals surface area contributed by atoms with Gasteiger partial charge in [-0.25, -0.2) is 19.2 Å². The first-order valence-electron chi connectivity index (χ1n) is 28.8. The molecule has 0 radical (unpaired) electrons. The minimum Gasteiger partial charge on any atom is -0.875 e. The van der Waals surface area contributed by atoms with Crippen LogP contribution in [0.4, 0.5) is 0 Å². The molecule has 4 heterocycles. The molecular formula is C72H64N2O14. The summed E-state index contributed by atoms with van der Waals surface area (Å²) >= 11 is 0. The molecule has 4 aromatic carbocycles. The number of aromatic nitrogens is 2. The Morgan fingerprint density at radius 1 is 0.409 bits per heavy atom. The number of pyridine rings is 2. The molecule has 0 amide bonds. The van der Waals surface area contributed by atoms with Crippen LogP contribution in [0.25, 0.3) is 44.8 Å². The van der Waals surface area contributed by atoms with E-state index in [1.807, 2.05) is 147 Å². The van der Waals surface area contributed by atoms with Crippen LogP contribution in [0.15, 0.2) is 241 Å². The smallest absolute Gasteiger partial charge is 0.348 e. The van der Waals surface area contributed by atoms with Gasteiger partial charge in [0, 0.05) is 86.1 Å². The number of rotatable bonds is 11. The van der Waals surface area contributed by atoms with Crippen molar-refractivity contribution in [3.63, 3.8) is 0 Å². The number of hydrogen-bond donors (Lipinski definition) is 2. The highest BCUT2D eigenvalue weighted by Gasteiger charge is 2.57. The molecule has 5 aliphatic rings. The number of nitrogens with zero attached hydrogens (tertiary/aromatic N) is 2. The summed E-state index contributed by atoms with van der Waals surface area (Å²) in [5.74, 6) is -7.48. The molecule has 16 heteroatoms. The molecule has 11 rings (SSSR count). The van der Waals surface area contributed by atoms with Crippen LogP contribution >= 0.6 is 0 Å². The van der Waals surface area contributed by atoms with Gasteiger partial charge in [-0.3, -0.25) is 9.59 Å². The molecule has 0 unspecified atom stereocenters. The number of phenolic OH excluding ortho intramolecular Hbond substituents is 2. The summed E-state index contributed by atoms with van der Waals surface area (Å²) < 4.78 is 25.8. The maximum Gasteiger partial charge on any atom is 0.348 e. The van der Waals surface area contributed by atoms with Gasteiger partial charge in [0.2, 0.25) is 0 Å². The van der Waals surface area contributed by atoms with Gasteiger partial charge in [-0.1, -0.05) is 149 Å². The first-order chi connectivity index (χ1) is 42.1. The molecule has 3 fully saturated rings. The van der Waals surface area contributed by atoms with Gasteiger partial charge < -0.3 is 39.4 Å². The van der Waals surface area contributed by atoms with Crippen LogP contribution in [-0.2, 0) is 47.7 Å². The molecule has 88 heavy (non-hydrogen) atoms. The molecule has 1 saturated carbocycles. The molecule has 2 aromatic heterocycles. The second kappa shape index (κ2) is 25.2. The zero-order valence-corrected chi connectivity index (χ0v) is 49.0. The molecular weight excluding hydrogens is 1120 g/mol. The number of ether oxygens (including phenoxy) is 4. The number of hydrogen-bond acceptors (Lipinski definition) is 14. The molecule has 0 bridgehead atoms. The van der Waals surface area contributed by atoms with E-state index < -0.39 is 35.5 Å². The molecule has 2 aliphatic heterocycles. The average molecular weight is 1180 g/mol. The topological polar surface area (TPSA) is 234 Å². The molecule has 2 N–H and O–H groups in total. The van der Waals surface area contributed by atoms with Crippen LogP contribution in [0.5, 0.6) is 11.5 Å². The lowest BCUT2D eigenvalue weighted by Gasteiger charge is -2.45. The van der Waals surface area contributed by atoms with Crippen molar-refractivity contribution in [3.8, 4) is 56.3 Å². The molecule has 2 spiro atoms. The highest BCUT2D eigenvalue weighted by Crippen LogP contribution is 2.45. The van der Waals surface area contributed by atoms with Crippen molar-refractivity contribution in [1.82, 2.24) is 0 Å². The average Bonchev–Trinajstić information content (AvgIpc) is 1.00. The van der Waals surface area contributed by atoms with Crippen LogP contribution in [0, 0.1) is 10.8 Å². The van der Waals surface area contributed by atoms with Crippen LogP contribution < -0.4 is 19.3 Å². The largest absolute Gasteiger partial charge is 0.875 e. The number of carbonyl (C=O) groups is 6. The number of carbonyl (C=O) groups excluding carboxylic acids is 6. The number of Topliss-reactive ketones (excluding diaryl/α,β-unsaturated/α-hetero) is 2. The van der Waals surface area contributed by atoms with E-state index in [2.05, 4.69) is 24.3 Å². The van der Waals surface area contributed by atoms with Crippen molar-refractivity contribution in [2.24, 2.45) is 10.8 Å². The summed E-state index contributed by atoms with van der Waals surface area (Å²) in [4.78, 5) is 75.7. The van der Waals surface area contributed by atoms with Crippen molar-refractivity contribution in [3.05, 3.63) is 241 Å². The lowest BCUT2D eigenvalue weighted by Crippen LogP contribution is -2.56. The van der Waals surface area contributed by atoms with E-state index in [0.29, 0.717) is 0 Å². The van der Waals surface area contributed by atoms with Gasteiger partial charge in [-0.2, -0.15) is 9.13 Å². The summed E-state index contributed by atoms with van der Waals surface area (Å²) in [6, 6.07) is 39.7. The number of phenols is 2. The molecule has 3 aliphatic carbocycles. The van der Waals surface area contributed by atoms with Gasteiger partial charge in [0.15, 0.2) is 47.9 Å². The number of esters is 4. The minimum absolute atomic E-state index is 0.106. The number of allylic oxidation sites excluding steroid dienone is 14. The summed E-state index contributed by atoms with van der Waals surface area (Å²) in [7, 11) is 0. The van der Waals surface area contributed by atoms with Crippen molar-refractivity contribution in [2.75, 3.05) is 0 Å². The number of aromatic hydroxyl groups is 2. The van der Waals surface area contributed by atoms with Crippen LogP contribution in [0.1, 0.15) is 79.1 Å². The lowest BCUT2D eigenvalue weighted by atomic mass is 9.76. The van der Waals surface area contributed by atoms with E-state index >= 15 is 0 Å². The molecule has 446 valence electrons. The van der Waals surface area contributed by atoms with E-state index in [0.717, 1.165) is 44.8 Å². The summed E-state index contributed by atoms with van der Waals surface area (Å²) in [5.41, 5.74) is 6.54. The third-order valence-electron chi connectivity index (χ3n) is 15.7. The normalized spacial score (nSPS) is 21.0. The number of ketones is 2. The van der Waals surface area contributed by atoms with Gasteiger partial charge in [0.1, 0.15) is 11.1 Å². The fourth-order valence-corrected chi connectivity index (χ4v) is 11.1. The van der Waals surface area contributed by atoms with E-state index in [1.54, 1.807) is 12.1 Å². The van der Waals surface area contributed by atoms with Gasteiger partial charge in [0.05, 0.1) is 0 Å². The monoisotopic (exact) mass is 1180 g/mol. The zero-order valence-electron chi connectivity index (χ0n) is 49.0. The third kappa shape index (κ3) is 13.9. The minimum atomic E-state index is -1.63. The zero-order chi connectivity index (χ0) is 62.4. The Balaban J connectivity index is 0.000000201. The first-order valence-corrected chi connectivity index (χ1v) is 28.8. The predicted molar refractivity (Wildman–Crippen MR) is 320 cm³/mol. The van der Waals surface area contributed by atoms with Crippen molar-refractivity contribution >= 4 is 35.4 Å². The molecule has 0 atom stereocenters. The Morgan fingerprint density at radius 3 is 1.07 bits per heavy atom. The van der Waals surface area contributed by atoms with Crippen LogP contribution in [-0.4, -0.2) is 57.2 Å². The van der Waals surface area contributed by atoms with Crippen LogP contribution in [0.2, 0.25) is 0 Å². The summed E-state index contributed by atoms with van der Waals surface area (Å²) in [6.07, 6.45) is 22.3. The highest BCUT2D eigenvalue weighted by molar-refractivity contribution is 6.16. The fraction of sp³-hybridized carbons (Fsp3) is 0.222. The van der Waals surface area contributed by atoms with Crippen molar-refractivity contribution in [1.29, 1.82) is 0 Å². The maximum absolute atomic E-state index is 12.8. The third-order valence-corrected chi connectivity index (χ3v) is 15.7. The standard InChI is InChI=1S/C38H40O12.C34H24N2O2/c1-35(2)19-27(39)23(28(40)20-35)11-7-5-9-13-25-31(43)47-37(48-32(25)44)15-17-38(18-16-37)49-33(45)26(34(46)50-38)14-10-6-8-12-24-29(41)21-36(3,4)22-30(24)42;37-33-13-11-29(25-7-3-1-4-8-25)23-31(33)35-19-15-27(16-20-35)28-17-21-36(22-18-28)32-24-30(12-14-34(32)38)26-9-5-2-6-10-26/h5-14,39,41H,15-22H2,1-4H3;1-24H/b9-5+,10-6+,11-7+,12-8+,25-13?,26-14?;. The molecule has 6 aromatic rings. The van der Waals surface area contributed by atoms with Gasteiger partial charge in [-0.15, -0.1) is 11.5 Å². The lowest BCUT2D eigenvalue weighted by molar-refractivity contribution is -0.596. The van der Waals surface area contributed by atoms with E-state index in [1.165, 1.54) is 60.8 Å². The van der Waals surface area contributed by atoms with Gasteiger partial charge in [0.25, 0.3) is 22.9 Å². The Morgan fingerprint density at radius 2 is 0.739 bits per heavy atom. The Labute approximate surface area is 509 Å². The molecule has 16 nitrogen and oxygen atoms in total. The Hall–Kier alpha value is -10.5. The predicted octanol–water partition coefficient (Wildman–Crippen LogP) is 9.89. The van der Waals surface area contributed by atoms with E-state index in [-0.39, 0.29) is 119 Å². The SMILES string of the molecule is CC1(C)CC(=O)C(/C=C/C=C/C=C2C(=O)OC3(CCC4(CC3)OC(=O)C(=C/C=C/C=C/C3=C([O-])CC(C)(C)CC3=O)C(=O)O4)OC2=O)=C([O-])C1.Oc1ccc(-c2ccccc2)cc1-[n+]1ccc(-c2cc[n+](-c3cc(-c4ccccc4)ccc3O)cc2)cc1. The quantitative estimate of drug-likeness (QED) is 0.0404. The highest BCUT2D eigenvalue weighted by atomic mass is 16.8. The van der Waals surface area contributed by atoms with E-state index in [4.69, 9.17) is 18.9 Å². The summed E-state index contributed by atoms with van der Waals surface area (Å²) in [6.45, 7) is 7.43. The first kappa shape index (κ1) is 60.6. The fourth-order valence-electron chi connectivity index (χ4n) is 11.1. The van der Waals surface area contributed by atoms with Gasteiger partial charge in [-0.05, 0) is 81.3 Å². The maximum atomic E-state index is 12.8. The number of benzene rings is 4. The van der Waals surface area contributed by atoms with Crippen molar-refractivity contribution < 1.29 is 77.3 Å². The second-order valence-electron chi connectivity index (χ2n) is 23.7. The van der Waals surface area contributed by atoms with Gasteiger partial charge >= 0.3 is 23.9 Å². The second-order valence-corrected chi connectivity index (χ2v) is 23.7. The van der Waals surface area contributed by atoms with Crippen LogP contribution in [0.3, 0.4) is 0 Å². The Kier molecular flexibility index (Phi) is 17.4. The van der Waals surface area contributed by atoms with Crippen molar-refractivity contribution in [2.45, 2.75) is 90.6 Å².